The monoisotopic (exact) mass is 632 g/mol. The van der Waals surface area contributed by atoms with Crippen LogP contribution in [0.1, 0.15) is 24.0 Å². The molecular formula is C33H37F5N4O3. The second kappa shape index (κ2) is 15.2. The van der Waals surface area contributed by atoms with E-state index in [2.05, 4.69) is 29.1 Å². The van der Waals surface area contributed by atoms with Crippen LogP contribution in [0.25, 0.3) is 0 Å². The number of nitrogens with one attached hydrogen (secondary N) is 3. The summed E-state index contributed by atoms with van der Waals surface area (Å²) in [5, 5.41) is 8.72. The van der Waals surface area contributed by atoms with E-state index < -0.39 is 48.0 Å². The molecule has 45 heavy (non-hydrogen) atoms. The first kappa shape index (κ1) is 33.8. The van der Waals surface area contributed by atoms with Crippen molar-refractivity contribution in [2.45, 2.75) is 37.0 Å². The molecule has 1 fully saturated rings. The summed E-state index contributed by atoms with van der Waals surface area (Å²) in [5.74, 6) is -4.89. The zero-order valence-electron chi connectivity index (χ0n) is 24.8. The molecule has 0 bridgehead atoms. The van der Waals surface area contributed by atoms with E-state index in [-0.39, 0.29) is 43.2 Å². The Bertz CT molecular complexity index is 1380. The molecule has 3 aromatic carbocycles. The Morgan fingerprint density at radius 2 is 1.62 bits per heavy atom. The zero-order chi connectivity index (χ0) is 32.6. The second-order valence-electron chi connectivity index (χ2n) is 10.9. The lowest BCUT2D eigenvalue weighted by Gasteiger charge is -2.31. The van der Waals surface area contributed by atoms with Crippen molar-refractivity contribution < 1.29 is 36.2 Å². The molecule has 5 N–H and O–H groups in total. The molecule has 3 atom stereocenters. The Morgan fingerprint density at radius 1 is 1.00 bits per heavy atom. The number of hydrogen-bond acceptors (Lipinski definition) is 7. The second-order valence-corrected chi connectivity index (χ2v) is 10.9. The van der Waals surface area contributed by atoms with Gasteiger partial charge in [0.2, 0.25) is 0 Å². The summed E-state index contributed by atoms with van der Waals surface area (Å²) in [5.41, 5.74) is 8.63. The third-order valence-electron chi connectivity index (χ3n) is 7.12. The van der Waals surface area contributed by atoms with Crippen molar-refractivity contribution in [3.63, 3.8) is 0 Å². The molecular weight excluding hydrogens is 595 g/mol. The van der Waals surface area contributed by atoms with Crippen LogP contribution in [0.5, 0.6) is 5.75 Å². The quantitative estimate of drug-likeness (QED) is 0.127. The number of rotatable bonds is 15. The van der Waals surface area contributed by atoms with Gasteiger partial charge in [0.1, 0.15) is 31.0 Å². The Hall–Kier alpha value is -4.13. The van der Waals surface area contributed by atoms with E-state index >= 15 is 0 Å². The van der Waals surface area contributed by atoms with Gasteiger partial charge in [-0.3, -0.25) is 0 Å². The minimum Gasteiger partial charge on any atom is -0.486 e. The van der Waals surface area contributed by atoms with Gasteiger partial charge in [0.15, 0.2) is 17.4 Å². The molecule has 1 heterocycles. The van der Waals surface area contributed by atoms with Gasteiger partial charge in [0.05, 0.1) is 30.9 Å². The predicted molar refractivity (Wildman–Crippen MR) is 163 cm³/mol. The van der Waals surface area contributed by atoms with Crippen molar-refractivity contribution in [1.29, 1.82) is 0 Å². The Kier molecular flexibility index (Phi) is 11.4. The van der Waals surface area contributed by atoms with Crippen molar-refractivity contribution in [2.75, 3.05) is 38.2 Å². The highest BCUT2D eigenvalue weighted by atomic mass is 19.3. The highest BCUT2D eigenvalue weighted by molar-refractivity contribution is 5.61. The first-order valence-corrected chi connectivity index (χ1v) is 14.3. The molecule has 0 aliphatic carbocycles. The lowest BCUT2D eigenvalue weighted by molar-refractivity contribution is -0.0343. The summed E-state index contributed by atoms with van der Waals surface area (Å²) in [6, 6.07) is 15.0. The summed E-state index contributed by atoms with van der Waals surface area (Å²) in [7, 11) is 0. The van der Waals surface area contributed by atoms with E-state index in [1.54, 1.807) is 30.3 Å². The maximum atomic E-state index is 15.0. The molecule has 1 saturated heterocycles. The molecule has 4 rings (SSSR count). The number of hydrogen-bond donors (Lipinski definition) is 4. The van der Waals surface area contributed by atoms with E-state index in [0.717, 1.165) is 6.92 Å². The van der Waals surface area contributed by atoms with Crippen molar-refractivity contribution in [3.05, 3.63) is 120 Å². The van der Waals surface area contributed by atoms with Gasteiger partial charge in [-0.05, 0) is 54.1 Å². The van der Waals surface area contributed by atoms with Gasteiger partial charge in [0.25, 0.3) is 5.92 Å². The van der Waals surface area contributed by atoms with Gasteiger partial charge in [-0.2, -0.15) is 0 Å². The Labute approximate surface area is 259 Å². The van der Waals surface area contributed by atoms with E-state index in [9.17, 15) is 22.0 Å². The van der Waals surface area contributed by atoms with Gasteiger partial charge in [0, 0.05) is 25.1 Å². The van der Waals surface area contributed by atoms with Crippen molar-refractivity contribution in [2.24, 2.45) is 5.73 Å². The predicted octanol–water partition coefficient (Wildman–Crippen LogP) is 5.66. The molecule has 0 radical (unpaired) electrons. The highest BCUT2D eigenvalue weighted by Crippen LogP contribution is 2.34. The summed E-state index contributed by atoms with van der Waals surface area (Å²) in [4.78, 5) is 0. The van der Waals surface area contributed by atoms with E-state index in [0.29, 0.717) is 23.4 Å². The molecule has 1 aliphatic rings. The molecule has 7 nitrogen and oxygen atoms in total. The molecule has 242 valence electrons. The third-order valence-corrected chi connectivity index (χ3v) is 7.12. The number of nitrogens with two attached hydrogens (primary N) is 1. The van der Waals surface area contributed by atoms with Crippen molar-refractivity contribution in [1.82, 2.24) is 10.6 Å². The summed E-state index contributed by atoms with van der Waals surface area (Å²) < 4.78 is 85.4. The minimum absolute atomic E-state index is 0.0162. The van der Waals surface area contributed by atoms with Crippen LogP contribution in [0.4, 0.5) is 27.6 Å². The molecule has 0 spiro atoms. The number of morpholine rings is 1. The van der Waals surface area contributed by atoms with Crippen LogP contribution in [-0.4, -0.2) is 57.0 Å². The van der Waals surface area contributed by atoms with Gasteiger partial charge >= 0.3 is 0 Å². The molecule has 3 aromatic rings. The van der Waals surface area contributed by atoms with E-state index in [1.807, 2.05) is 0 Å². The zero-order valence-corrected chi connectivity index (χ0v) is 24.8. The van der Waals surface area contributed by atoms with Gasteiger partial charge in [-0.25, -0.2) is 22.0 Å². The van der Waals surface area contributed by atoms with Crippen LogP contribution in [0.2, 0.25) is 0 Å². The molecule has 1 unspecified atom stereocenters. The molecule has 12 heteroatoms. The SMILES string of the molecule is C=C(NCC(C)(F)F)OC[C@@H]1CO[C@H](COc2c(F)cccc2NC(=C)C(N)C(c2ccc(F)cc2)c2ccc(F)cc2)CN1. The van der Waals surface area contributed by atoms with Crippen LogP contribution < -0.4 is 26.4 Å². The first-order chi connectivity index (χ1) is 21.4. The molecule has 0 saturated carbocycles. The number of anilines is 1. The summed E-state index contributed by atoms with van der Waals surface area (Å²) in [6.45, 7) is 8.64. The standard InChI is InChI=1S/C33H37F5N4O3/c1-20(31(39)30(22-7-11-24(34)12-8-22)23-9-13-25(35)14-10-23)42-29-6-4-5-28(36)32(29)45-18-27-15-40-26(17-44-27)16-43-21(2)41-19-33(3,37)38/h4-14,26-27,30-31,40-42H,1-2,15-19,39H2,3H3/t26-,27+,31?/m1/s1. The lowest BCUT2D eigenvalue weighted by atomic mass is 9.84. The fraction of sp³-hybridized carbons (Fsp3) is 0.333. The number of halogens is 5. The topological polar surface area (TPSA) is 89.8 Å². The fourth-order valence-electron chi connectivity index (χ4n) is 4.72. The van der Waals surface area contributed by atoms with Gasteiger partial charge < -0.3 is 35.9 Å². The Morgan fingerprint density at radius 3 is 2.18 bits per heavy atom. The van der Waals surface area contributed by atoms with E-state index in [4.69, 9.17) is 19.9 Å². The fourth-order valence-corrected chi connectivity index (χ4v) is 4.72. The van der Waals surface area contributed by atoms with E-state index in [1.165, 1.54) is 36.4 Å². The average Bonchev–Trinajstić information content (AvgIpc) is 3.01. The van der Waals surface area contributed by atoms with Crippen LogP contribution in [0, 0.1) is 17.5 Å². The van der Waals surface area contributed by atoms with Gasteiger partial charge in [-0.15, -0.1) is 0 Å². The number of benzene rings is 3. The largest absolute Gasteiger partial charge is 0.486 e. The van der Waals surface area contributed by atoms with Crippen LogP contribution in [0.15, 0.2) is 91.5 Å². The molecule has 0 amide bonds. The number of alkyl halides is 2. The van der Waals surface area contributed by atoms with Crippen molar-refractivity contribution in [3.8, 4) is 5.75 Å². The van der Waals surface area contributed by atoms with Crippen molar-refractivity contribution >= 4 is 5.69 Å². The summed E-state index contributed by atoms with van der Waals surface area (Å²) >= 11 is 0. The smallest absolute Gasteiger partial charge is 0.262 e. The first-order valence-electron chi connectivity index (χ1n) is 14.3. The average molecular weight is 633 g/mol. The maximum Gasteiger partial charge on any atom is 0.262 e. The maximum absolute atomic E-state index is 15.0. The van der Waals surface area contributed by atoms with Crippen LogP contribution in [-0.2, 0) is 9.47 Å². The summed E-state index contributed by atoms with van der Waals surface area (Å²) in [6.07, 6.45) is -0.416. The van der Waals surface area contributed by atoms with Crippen LogP contribution >= 0.6 is 0 Å². The highest BCUT2D eigenvalue weighted by Gasteiger charge is 2.27. The number of ether oxygens (including phenoxy) is 3. The molecule has 0 aromatic heterocycles. The Balaban J connectivity index is 1.35. The van der Waals surface area contributed by atoms with Gasteiger partial charge in [-0.1, -0.05) is 36.9 Å². The number of para-hydroxylation sites is 1. The molecule has 1 aliphatic heterocycles. The normalized spacial score (nSPS) is 17.4. The van der Waals surface area contributed by atoms with Crippen LogP contribution in [0.3, 0.4) is 0 Å². The minimum atomic E-state index is -2.89. The third kappa shape index (κ3) is 9.93. The lowest BCUT2D eigenvalue weighted by Crippen LogP contribution is -2.50.